The second-order valence-corrected chi connectivity index (χ2v) is 6.97. The first-order valence-corrected chi connectivity index (χ1v) is 9.23. The molecule has 1 aliphatic heterocycles. The zero-order valence-corrected chi connectivity index (χ0v) is 14.8. The van der Waals surface area contributed by atoms with E-state index in [1.165, 1.54) is 11.8 Å². The van der Waals surface area contributed by atoms with Crippen LogP contribution in [-0.2, 0) is 17.0 Å². The summed E-state index contributed by atoms with van der Waals surface area (Å²) in [4.78, 5) is 4.39. The topological polar surface area (TPSA) is 91.8 Å². The van der Waals surface area contributed by atoms with Gasteiger partial charge in [0.2, 0.25) is 16.9 Å². The molecule has 0 bridgehead atoms. The molecule has 0 aliphatic carbocycles. The van der Waals surface area contributed by atoms with Gasteiger partial charge in [-0.2, -0.15) is 4.98 Å². The number of nitrogens with zero attached hydrogens (tertiary/aromatic N) is 6. The molecule has 4 rings (SSSR count). The lowest BCUT2D eigenvalue weighted by Crippen LogP contribution is -2.16. The minimum absolute atomic E-state index is 0.181. The first kappa shape index (κ1) is 16.5. The van der Waals surface area contributed by atoms with E-state index in [0.717, 1.165) is 25.0 Å². The average Bonchev–Trinajstić information content (AvgIpc) is 3.36. The Morgan fingerprint density at radius 1 is 1.36 bits per heavy atom. The van der Waals surface area contributed by atoms with Gasteiger partial charge < -0.3 is 9.26 Å². The van der Waals surface area contributed by atoms with Crippen LogP contribution in [0.3, 0.4) is 0 Å². The van der Waals surface area contributed by atoms with E-state index in [1.807, 2.05) is 12.1 Å². The molecule has 130 valence electrons. The van der Waals surface area contributed by atoms with Gasteiger partial charge in [-0.25, -0.2) is 4.68 Å². The third-order valence-electron chi connectivity index (χ3n) is 3.78. The lowest BCUT2D eigenvalue weighted by Gasteiger charge is -2.09. The highest BCUT2D eigenvalue weighted by molar-refractivity contribution is 7.98. The predicted octanol–water partition coefficient (Wildman–Crippen LogP) is 2.85. The molecule has 25 heavy (non-hydrogen) atoms. The molecule has 0 amide bonds. The van der Waals surface area contributed by atoms with E-state index in [4.69, 9.17) is 20.9 Å². The first-order chi connectivity index (χ1) is 12.3. The van der Waals surface area contributed by atoms with Gasteiger partial charge in [-0.1, -0.05) is 40.7 Å². The smallest absolute Gasteiger partial charge is 0.237 e. The van der Waals surface area contributed by atoms with Crippen molar-refractivity contribution < 1.29 is 9.26 Å². The van der Waals surface area contributed by atoms with E-state index < -0.39 is 0 Å². The molecule has 1 unspecified atom stereocenters. The fourth-order valence-electron chi connectivity index (χ4n) is 2.58. The Morgan fingerprint density at radius 3 is 3.16 bits per heavy atom. The summed E-state index contributed by atoms with van der Waals surface area (Å²) >= 11 is 7.44. The monoisotopic (exact) mass is 378 g/mol. The number of benzene rings is 1. The number of ether oxygens (including phenoxy) is 1. The highest BCUT2D eigenvalue weighted by Crippen LogP contribution is 2.24. The van der Waals surface area contributed by atoms with Crippen molar-refractivity contribution in [2.75, 3.05) is 6.61 Å². The third kappa shape index (κ3) is 4.00. The van der Waals surface area contributed by atoms with Crippen LogP contribution in [0, 0.1) is 0 Å². The van der Waals surface area contributed by atoms with Crippen LogP contribution in [0.5, 0.6) is 0 Å². The van der Waals surface area contributed by atoms with Crippen LogP contribution in [0.4, 0.5) is 0 Å². The highest BCUT2D eigenvalue weighted by Gasteiger charge is 2.19. The van der Waals surface area contributed by atoms with Gasteiger partial charge in [-0.15, -0.1) is 5.10 Å². The summed E-state index contributed by atoms with van der Waals surface area (Å²) in [6.45, 7) is 1.47. The quantitative estimate of drug-likeness (QED) is 0.604. The van der Waals surface area contributed by atoms with Crippen molar-refractivity contribution >= 4 is 23.4 Å². The Labute approximate surface area is 152 Å². The molecule has 1 aromatic carbocycles. The molecule has 1 aliphatic rings. The fourth-order valence-corrected chi connectivity index (χ4v) is 3.49. The van der Waals surface area contributed by atoms with Crippen molar-refractivity contribution in [3.63, 3.8) is 0 Å². The molecule has 0 saturated carbocycles. The van der Waals surface area contributed by atoms with Crippen molar-refractivity contribution in [1.82, 2.24) is 30.3 Å². The summed E-state index contributed by atoms with van der Waals surface area (Å²) in [5, 5.41) is 17.2. The molecule has 8 nitrogen and oxygen atoms in total. The molecule has 10 heteroatoms. The molecule has 0 radical (unpaired) electrons. The molecule has 0 spiro atoms. The van der Waals surface area contributed by atoms with E-state index in [2.05, 4.69) is 25.7 Å². The molecule has 0 N–H and O–H groups in total. The summed E-state index contributed by atoms with van der Waals surface area (Å²) in [5.41, 5.74) is 0.815. The molecule has 3 aromatic rings. The summed E-state index contributed by atoms with van der Waals surface area (Å²) < 4.78 is 12.7. The van der Waals surface area contributed by atoms with Crippen LogP contribution in [0.1, 0.15) is 18.7 Å². The van der Waals surface area contributed by atoms with E-state index in [1.54, 1.807) is 16.8 Å². The van der Waals surface area contributed by atoms with E-state index >= 15 is 0 Å². The second kappa shape index (κ2) is 7.51. The molecule has 1 fully saturated rings. The van der Waals surface area contributed by atoms with Gasteiger partial charge in [0.05, 0.1) is 18.4 Å². The lowest BCUT2D eigenvalue weighted by molar-refractivity contribution is 0.0912. The van der Waals surface area contributed by atoms with Gasteiger partial charge in [0.1, 0.15) is 0 Å². The normalized spacial score (nSPS) is 17.2. The Morgan fingerprint density at radius 2 is 2.32 bits per heavy atom. The fraction of sp³-hybridized carbons (Fsp3) is 0.400. The Balaban J connectivity index is 1.40. The number of aromatic nitrogens is 6. The first-order valence-electron chi connectivity index (χ1n) is 7.87. The Kier molecular flexibility index (Phi) is 4.95. The Hall–Kier alpha value is -1.97. The zero-order valence-electron chi connectivity index (χ0n) is 13.2. The predicted molar refractivity (Wildman–Crippen MR) is 91.1 cm³/mol. The molecular weight excluding hydrogens is 364 g/mol. The van der Waals surface area contributed by atoms with E-state index in [0.29, 0.717) is 34.2 Å². The Bertz CT molecular complexity index is 848. The molecule has 2 aromatic heterocycles. The number of halogens is 1. The zero-order chi connectivity index (χ0) is 17.1. The number of rotatable bonds is 6. The van der Waals surface area contributed by atoms with Crippen LogP contribution in [0.15, 0.2) is 33.9 Å². The number of tetrazole rings is 1. The maximum atomic E-state index is 5.99. The summed E-state index contributed by atoms with van der Waals surface area (Å²) in [7, 11) is 0. The SMILES string of the molecule is Clc1cccc(-c2noc(CSc3nnnn3CC3CCCO3)n2)c1. The van der Waals surface area contributed by atoms with Crippen molar-refractivity contribution in [2.24, 2.45) is 0 Å². The van der Waals surface area contributed by atoms with E-state index in [-0.39, 0.29) is 6.10 Å². The van der Waals surface area contributed by atoms with Crippen LogP contribution in [0.25, 0.3) is 11.4 Å². The summed E-state index contributed by atoms with van der Waals surface area (Å²) in [6.07, 6.45) is 2.31. The number of hydrogen-bond acceptors (Lipinski definition) is 8. The van der Waals surface area contributed by atoms with Gasteiger partial charge in [0.15, 0.2) is 0 Å². The van der Waals surface area contributed by atoms with Crippen LogP contribution < -0.4 is 0 Å². The van der Waals surface area contributed by atoms with Gasteiger partial charge in [0, 0.05) is 17.2 Å². The van der Waals surface area contributed by atoms with Gasteiger partial charge in [0.25, 0.3) is 0 Å². The molecule has 3 heterocycles. The lowest BCUT2D eigenvalue weighted by atomic mass is 10.2. The average molecular weight is 379 g/mol. The minimum atomic E-state index is 0.181. The standard InChI is InChI=1S/C15H15ClN6O2S/c16-11-4-1-3-10(7-11)14-17-13(24-19-14)9-25-15-18-20-21-22(15)8-12-5-2-6-23-12/h1,3-4,7,12H,2,5-6,8-9H2. The third-order valence-corrected chi connectivity index (χ3v) is 4.95. The molecule has 1 atom stereocenters. The molecule has 1 saturated heterocycles. The molecular formula is C15H15ClN6O2S. The van der Waals surface area contributed by atoms with Crippen LogP contribution in [0.2, 0.25) is 5.02 Å². The number of hydrogen-bond donors (Lipinski definition) is 0. The summed E-state index contributed by atoms with van der Waals surface area (Å²) in [5.74, 6) is 1.50. The van der Waals surface area contributed by atoms with Crippen molar-refractivity contribution in [3.8, 4) is 11.4 Å². The largest absolute Gasteiger partial charge is 0.376 e. The summed E-state index contributed by atoms with van der Waals surface area (Å²) in [6, 6.07) is 7.33. The van der Waals surface area contributed by atoms with Crippen LogP contribution >= 0.6 is 23.4 Å². The van der Waals surface area contributed by atoms with Gasteiger partial charge in [-0.05, 0) is 35.4 Å². The van der Waals surface area contributed by atoms with Crippen LogP contribution in [-0.4, -0.2) is 43.1 Å². The van der Waals surface area contributed by atoms with Crippen molar-refractivity contribution in [1.29, 1.82) is 0 Å². The van der Waals surface area contributed by atoms with Gasteiger partial charge in [-0.3, -0.25) is 0 Å². The highest BCUT2D eigenvalue weighted by atomic mass is 35.5. The maximum Gasteiger partial charge on any atom is 0.237 e. The number of thioether (sulfide) groups is 1. The minimum Gasteiger partial charge on any atom is -0.376 e. The second-order valence-electron chi connectivity index (χ2n) is 5.59. The van der Waals surface area contributed by atoms with Crippen molar-refractivity contribution in [2.45, 2.75) is 36.4 Å². The maximum absolute atomic E-state index is 5.99. The van der Waals surface area contributed by atoms with E-state index in [9.17, 15) is 0 Å². The van der Waals surface area contributed by atoms with Crippen molar-refractivity contribution in [3.05, 3.63) is 35.2 Å². The van der Waals surface area contributed by atoms with Gasteiger partial charge >= 0.3 is 0 Å².